The number of benzene rings is 2. The van der Waals surface area contributed by atoms with Crippen molar-refractivity contribution in [1.29, 1.82) is 0 Å². The third-order valence-corrected chi connectivity index (χ3v) is 4.16. The molecule has 0 aliphatic rings. The van der Waals surface area contributed by atoms with Gasteiger partial charge in [-0.2, -0.15) is 0 Å². The van der Waals surface area contributed by atoms with E-state index in [9.17, 15) is 9.59 Å². The number of methoxy groups -OCH3 is 1. The molecule has 5 nitrogen and oxygen atoms in total. The van der Waals surface area contributed by atoms with E-state index in [1.54, 1.807) is 0 Å². The van der Waals surface area contributed by atoms with Gasteiger partial charge in [-0.1, -0.05) is 60.7 Å². The first kappa shape index (κ1) is 19.5. The van der Waals surface area contributed by atoms with Gasteiger partial charge in [0.2, 0.25) is 0 Å². The Labute approximate surface area is 154 Å². The van der Waals surface area contributed by atoms with Crippen molar-refractivity contribution in [1.82, 2.24) is 10.6 Å². The Kier molecular flexibility index (Phi) is 7.68. The molecule has 2 amide bonds. The number of esters is 1. The number of hydrogen-bond acceptors (Lipinski definition) is 3. The molecule has 26 heavy (non-hydrogen) atoms. The van der Waals surface area contributed by atoms with Crippen molar-refractivity contribution < 1.29 is 14.3 Å². The molecule has 2 atom stereocenters. The predicted molar refractivity (Wildman–Crippen MR) is 102 cm³/mol. The largest absolute Gasteiger partial charge is 0.467 e. The van der Waals surface area contributed by atoms with Gasteiger partial charge in [0, 0.05) is 12.5 Å². The highest BCUT2D eigenvalue weighted by Crippen LogP contribution is 2.06. The Morgan fingerprint density at radius 2 is 1.50 bits per heavy atom. The molecule has 0 radical (unpaired) electrons. The summed E-state index contributed by atoms with van der Waals surface area (Å²) in [6.45, 7) is 1.95. The van der Waals surface area contributed by atoms with Gasteiger partial charge in [-0.15, -0.1) is 0 Å². The Balaban J connectivity index is 1.84. The number of nitrogens with one attached hydrogen (secondary N) is 2. The normalized spacial score (nSPS) is 12.7. The number of carbonyl (C=O) groups is 2. The average Bonchev–Trinajstić information content (AvgIpc) is 2.67. The van der Waals surface area contributed by atoms with E-state index < -0.39 is 12.0 Å². The molecule has 5 heteroatoms. The third kappa shape index (κ3) is 6.59. The second-order valence-electron chi connectivity index (χ2n) is 6.31. The van der Waals surface area contributed by atoms with E-state index in [1.807, 2.05) is 55.5 Å². The van der Waals surface area contributed by atoms with Crippen molar-refractivity contribution in [2.24, 2.45) is 0 Å². The van der Waals surface area contributed by atoms with E-state index in [0.717, 1.165) is 18.4 Å². The highest BCUT2D eigenvalue weighted by molar-refractivity contribution is 5.83. The van der Waals surface area contributed by atoms with E-state index >= 15 is 0 Å². The molecule has 0 aliphatic heterocycles. The first-order valence-corrected chi connectivity index (χ1v) is 8.81. The molecule has 0 spiro atoms. The average molecular weight is 354 g/mol. The van der Waals surface area contributed by atoms with Crippen LogP contribution in [0.15, 0.2) is 60.7 Å². The van der Waals surface area contributed by atoms with Crippen molar-refractivity contribution in [3.63, 3.8) is 0 Å². The van der Waals surface area contributed by atoms with Crippen molar-refractivity contribution in [2.75, 3.05) is 7.11 Å². The van der Waals surface area contributed by atoms with E-state index in [0.29, 0.717) is 6.42 Å². The van der Waals surface area contributed by atoms with Crippen LogP contribution in [-0.2, 0) is 22.4 Å². The quantitative estimate of drug-likeness (QED) is 0.716. The summed E-state index contributed by atoms with van der Waals surface area (Å²) < 4.78 is 4.81. The van der Waals surface area contributed by atoms with Crippen LogP contribution in [0.2, 0.25) is 0 Å². The maximum atomic E-state index is 12.3. The number of hydrogen-bond donors (Lipinski definition) is 2. The highest BCUT2D eigenvalue weighted by Gasteiger charge is 2.22. The zero-order valence-electron chi connectivity index (χ0n) is 15.3. The van der Waals surface area contributed by atoms with Gasteiger partial charge in [0.1, 0.15) is 6.04 Å². The van der Waals surface area contributed by atoms with Gasteiger partial charge in [0.15, 0.2) is 0 Å². The second kappa shape index (κ2) is 10.2. The molecule has 0 heterocycles. The van der Waals surface area contributed by atoms with Crippen LogP contribution in [0.4, 0.5) is 4.79 Å². The molecule has 0 fully saturated rings. The highest BCUT2D eigenvalue weighted by atomic mass is 16.5. The summed E-state index contributed by atoms with van der Waals surface area (Å²) in [5.74, 6) is -0.457. The topological polar surface area (TPSA) is 67.4 Å². The minimum absolute atomic E-state index is 0.00905. The van der Waals surface area contributed by atoms with Gasteiger partial charge in [-0.25, -0.2) is 9.59 Å². The molecular formula is C21H26N2O3. The smallest absolute Gasteiger partial charge is 0.328 e. The third-order valence-electron chi connectivity index (χ3n) is 4.16. The predicted octanol–water partition coefficient (Wildman–Crippen LogP) is 3.09. The minimum Gasteiger partial charge on any atom is -0.467 e. The van der Waals surface area contributed by atoms with E-state index in [1.165, 1.54) is 12.7 Å². The fraction of sp³-hybridized carbons (Fsp3) is 0.333. The van der Waals surface area contributed by atoms with Crippen LogP contribution in [0.5, 0.6) is 0 Å². The maximum absolute atomic E-state index is 12.3. The first-order valence-electron chi connectivity index (χ1n) is 8.81. The van der Waals surface area contributed by atoms with Crippen LogP contribution in [-0.4, -0.2) is 31.2 Å². The summed E-state index contributed by atoms with van der Waals surface area (Å²) in [4.78, 5) is 24.2. The molecule has 2 rings (SSSR count). The van der Waals surface area contributed by atoms with Crippen LogP contribution >= 0.6 is 0 Å². The maximum Gasteiger partial charge on any atom is 0.328 e. The van der Waals surface area contributed by atoms with Crippen molar-refractivity contribution >= 4 is 12.0 Å². The Bertz CT molecular complexity index is 689. The molecule has 0 saturated carbocycles. The lowest BCUT2D eigenvalue weighted by Gasteiger charge is -2.19. The summed E-state index contributed by atoms with van der Waals surface area (Å²) in [6.07, 6.45) is 2.09. The fourth-order valence-corrected chi connectivity index (χ4v) is 2.71. The minimum atomic E-state index is -0.719. The van der Waals surface area contributed by atoms with Gasteiger partial charge in [-0.05, 0) is 30.9 Å². The van der Waals surface area contributed by atoms with Gasteiger partial charge in [0.05, 0.1) is 7.11 Å². The molecular weight excluding hydrogens is 328 g/mol. The molecule has 0 aromatic heterocycles. The number of ether oxygens (including phenoxy) is 1. The number of rotatable bonds is 8. The molecule has 0 aliphatic carbocycles. The molecule has 0 saturated heterocycles. The van der Waals surface area contributed by atoms with Crippen LogP contribution < -0.4 is 10.6 Å². The van der Waals surface area contributed by atoms with Crippen molar-refractivity contribution in [2.45, 2.75) is 38.3 Å². The fourth-order valence-electron chi connectivity index (χ4n) is 2.71. The lowest BCUT2D eigenvalue weighted by molar-refractivity contribution is -0.142. The van der Waals surface area contributed by atoms with Gasteiger partial charge in [0.25, 0.3) is 0 Å². The Morgan fingerprint density at radius 1 is 0.923 bits per heavy atom. The number of carbonyl (C=O) groups excluding carboxylic acids is 2. The number of urea groups is 1. The van der Waals surface area contributed by atoms with E-state index in [4.69, 9.17) is 4.74 Å². The van der Waals surface area contributed by atoms with Crippen LogP contribution in [0.25, 0.3) is 0 Å². The monoisotopic (exact) mass is 354 g/mol. The standard InChI is InChI=1S/C21H26N2O3/c1-16(13-14-17-9-5-3-6-10-17)22-21(25)23-19(20(24)26-2)15-18-11-7-4-8-12-18/h3-12,16,19H,13-15H2,1-2H3,(H2,22,23,25)/t16?,19-/m0/s1. The van der Waals surface area contributed by atoms with Gasteiger partial charge >= 0.3 is 12.0 Å². The summed E-state index contributed by atoms with van der Waals surface area (Å²) >= 11 is 0. The molecule has 2 aromatic carbocycles. The lowest BCUT2D eigenvalue weighted by atomic mass is 10.1. The molecule has 0 bridgehead atoms. The van der Waals surface area contributed by atoms with Crippen LogP contribution in [0.1, 0.15) is 24.5 Å². The Hall–Kier alpha value is -2.82. The summed E-state index contributed by atoms with van der Waals surface area (Å²) in [5.41, 5.74) is 2.19. The van der Waals surface area contributed by atoms with Gasteiger partial charge < -0.3 is 15.4 Å². The summed E-state index contributed by atoms with van der Waals surface area (Å²) in [5, 5.41) is 5.61. The SMILES string of the molecule is COC(=O)[C@H](Cc1ccccc1)NC(=O)NC(C)CCc1ccccc1. The molecule has 1 unspecified atom stereocenters. The Morgan fingerprint density at radius 3 is 2.08 bits per heavy atom. The number of amides is 2. The second-order valence-corrected chi connectivity index (χ2v) is 6.31. The first-order chi connectivity index (χ1) is 12.6. The molecule has 2 N–H and O–H groups in total. The molecule has 138 valence electrons. The van der Waals surface area contributed by atoms with Gasteiger partial charge in [-0.3, -0.25) is 0 Å². The zero-order chi connectivity index (χ0) is 18.8. The zero-order valence-corrected chi connectivity index (χ0v) is 15.3. The van der Waals surface area contributed by atoms with Crippen molar-refractivity contribution in [3.8, 4) is 0 Å². The van der Waals surface area contributed by atoms with E-state index in [2.05, 4.69) is 22.8 Å². The van der Waals surface area contributed by atoms with Crippen molar-refractivity contribution in [3.05, 3.63) is 71.8 Å². The van der Waals surface area contributed by atoms with Crippen LogP contribution in [0.3, 0.4) is 0 Å². The summed E-state index contributed by atoms with van der Waals surface area (Å²) in [6, 6.07) is 18.6. The summed E-state index contributed by atoms with van der Waals surface area (Å²) in [7, 11) is 1.32. The molecule has 2 aromatic rings. The lowest BCUT2D eigenvalue weighted by Crippen LogP contribution is -2.49. The number of aryl methyl sites for hydroxylation is 1. The van der Waals surface area contributed by atoms with Crippen LogP contribution in [0, 0.1) is 0 Å². The van der Waals surface area contributed by atoms with E-state index in [-0.39, 0.29) is 12.1 Å².